The summed E-state index contributed by atoms with van der Waals surface area (Å²) in [5.74, 6) is -1.42. The Kier molecular flexibility index (Phi) is 5.79. The van der Waals surface area contributed by atoms with Gasteiger partial charge in [-0.05, 0) is 17.5 Å². The van der Waals surface area contributed by atoms with Crippen LogP contribution < -0.4 is 11.1 Å². The topological polar surface area (TPSA) is 68.0 Å². The van der Waals surface area contributed by atoms with Crippen LogP contribution in [0.2, 0.25) is 0 Å². The molecule has 0 saturated carbocycles. The molecule has 1 aromatic heterocycles. The summed E-state index contributed by atoms with van der Waals surface area (Å²) in [6.45, 7) is 3.88. The number of nitrogens with two attached hydrogens (primary N) is 1. The molecule has 0 fully saturated rings. The molecule has 23 heavy (non-hydrogen) atoms. The minimum absolute atomic E-state index is 0.0720. The van der Waals surface area contributed by atoms with Crippen molar-refractivity contribution in [1.29, 1.82) is 0 Å². The molecule has 0 aliphatic carbocycles. The second-order valence-corrected chi connectivity index (χ2v) is 6.56. The van der Waals surface area contributed by atoms with Crippen LogP contribution in [0.3, 0.4) is 0 Å². The number of hydrogen-bond acceptors (Lipinski definition) is 4. The first-order valence-corrected chi connectivity index (χ1v) is 8.17. The van der Waals surface area contributed by atoms with E-state index in [-0.39, 0.29) is 18.2 Å². The van der Waals surface area contributed by atoms with Gasteiger partial charge in [0.05, 0.1) is 6.04 Å². The molecule has 0 bridgehead atoms. The van der Waals surface area contributed by atoms with E-state index in [1.807, 2.05) is 13.8 Å². The maximum absolute atomic E-state index is 13.6. The average molecular weight is 339 g/mol. The summed E-state index contributed by atoms with van der Waals surface area (Å²) in [6.07, 6.45) is 2.66. The summed E-state index contributed by atoms with van der Waals surface area (Å²) in [6, 6.07) is 2.88. The fourth-order valence-electron chi connectivity index (χ4n) is 2.00. The molecule has 3 N–H and O–H groups in total. The van der Waals surface area contributed by atoms with E-state index in [0.29, 0.717) is 10.7 Å². The fraction of sp³-hybridized carbons (Fsp3) is 0.375. The Morgan fingerprint density at radius 2 is 2.17 bits per heavy atom. The lowest BCUT2D eigenvalue weighted by Crippen LogP contribution is -2.40. The van der Waals surface area contributed by atoms with Crippen LogP contribution >= 0.6 is 11.3 Å². The first-order chi connectivity index (χ1) is 10.9. The summed E-state index contributed by atoms with van der Waals surface area (Å²) in [7, 11) is 0. The van der Waals surface area contributed by atoms with E-state index in [9.17, 15) is 13.6 Å². The van der Waals surface area contributed by atoms with Gasteiger partial charge in [-0.25, -0.2) is 13.8 Å². The summed E-state index contributed by atoms with van der Waals surface area (Å²) in [5, 5.41) is 3.10. The first-order valence-electron chi connectivity index (χ1n) is 7.35. The number of aromatic nitrogens is 1. The van der Waals surface area contributed by atoms with Crippen LogP contribution in [0.5, 0.6) is 0 Å². The zero-order valence-electron chi connectivity index (χ0n) is 13.0. The standard InChI is InChI=1S/C16H19F2N3OS/c1-3-9(2)14(19)15(22)21-16-20-8-12(23-16)6-10-4-5-11(17)7-13(10)18/h4-5,7-9,14H,3,6,19H2,1-2H3,(H,20,21,22). The van der Waals surface area contributed by atoms with Gasteiger partial charge in [-0.15, -0.1) is 11.3 Å². The molecule has 0 saturated heterocycles. The van der Waals surface area contributed by atoms with Gasteiger partial charge in [-0.3, -0.25) is 4.79 Å². The number of carbonyl (C=O) groups excluding carboxylic acids is 1. The number of rotatable bonds is 6. The van der Waals surface area contributed by atoms with Gasteiger partial charge in [-0.1, -0.05) is 26.3 Å². The van der Waals surface area contributed by atoms with E-state index >= 15 is 0 Å². The third-order valence-electron chi connectivity index (χ3n) is 3.72. The quantitative estimate of drug-likeness (QED) is 0.848. The maximum atomic E-state index is 13.6. The Hall–Kier alpha value is -1.86. The molecule has 0 aliphatic heterocycles. The smallest absolute Gasteiger partial charge is 0.243 e. The van der Waals surface area contributed by atoms with Crippen molar-refractivity contribution in [3.8, 4) is 0 Å². The van der Waals surface area contributed by atoms with Crippen molar-refractivity contribution in [2.75, 3.05) is 5.32 Å². The second-order valence-electron chi connectivity index (χ2n) is 5.44. The average Bonchev–Trinajstić information content (AvgIpc) is 2.95. The van der Waals surface area contributed by atoms with E-state index in [2.05, 4.69) is 10.3 Å². The molecule has 124 valence electrons. The zero-order valence-corrected chi connectivity index (χ0v) is 13.8. The lowest BCUT2D eigenvalue weighted by Gasteiger charge is -2.16. The fourth-order valence-corrected chi connectivity index (χ4v) is 2.84. The Bertz CT molecular complexity index is 690. The van der Waals surface area contributed by atoms with E-state index in [1.54, 1.807) is 6.20 Å². The number of anilines is 1. The summed E-state index contributed by atoms with van der Waals surface area (Å²) >= 11 is 1.25. The third-order valence-corrected chi connectivity index (χ3v) is 4.64. The normalized spacial score (nSPS) is 13.6. The Labute approximate surface area is 137 Å². The van der Waals surface area contributed by atoms with E-state index < -0.39 is 17.7 Å². The largest absolute Gasteiger partial charge is 0.320 e. The number of nitrogens with zero attached hydrogens (tertiary/aromatic N) is 1. The van der Waals surface area contributed by atoms with Crippen LogP contribution in [-0.4, -0.2) is 16.9 Å². The van der Waals surface area contributed by atoms with Crippen molar-refractivity contribution >= 4 is 22.4 Å². The number of amides is 1. The van der Waals surface area contributed by atoms with Gasteiger partial charge in [0.1, 0.15) is 11.6 Å². The van der Waals surface area contributed by atoms with Crippen LogP contribution in [0, 0.1) is 17.6 Å². The van der Waals surface area contributed by atoms with E-state index in [4.69, 9.17) is 5.73 Å². The van der Waals surface area contributed by atoms with Gasteiger partial charge >= 0.3 is 0 Å². The van der Waals surface area contributed by atoms with Crippen molar-refractivity contribution in [2.24, 2.45) is 11.7 Å². The van der Waals surface area contributed by atoms with Crippen LogP contribution in [-0.2, 0) is 11.2 Å². The molecule has 4 nitrogen and oxygen atoms in total. The monoisotopic (exact) mass is 339 g/mol. The van der Waals surface area contributed by atoms with Gasteiger partial charge in [0.2, 0.25) is 5.91 Å². The second kappa shape index (κ2) is 7.61. The molecule has 2 unspecified atom stereocenters. The number of benzene rings is 1. The molecule has 1 heterocycles. The van der Waals surface area contributed by atoms with Gasteiger partial charge in [0.25, 0.3) is 0 Å². The number of halogens is 2. The van der Waals surface area contributed by atoms with Crippen molar-refractivity contribution in [3.05, 3.63) is 46.5 Å². The lowest BCUT2D eigenvalue weighted by atomic mass is 10.00. The molecule has 0 spiro atoms. The summed E-state index contributed by atoms with van der Waals surface area (Å²) in [4.78, 5) is 16.9. The number of nitrogens with one attached hydrogen (secondary N) is 1. The van der Waals surface area contributed by atoms with Gasteiger partial charge in [0, 0.05) is 23.6 Å². The number of hydrogen-bond donors (Lipinski definition) is 2. The molecule has 2 atom stereocenters. The molecule has 1 aromatic carbocycles. The highest BCUT2D eigenvalue weighted by atomic mass is 32.1. The molecule has 7 heteroatoms. The molecule has 0 aliphatic rings. The summed E-state index contributed by atoms with van der Waals surface area (Å²) < 4.78 is 26.5. The van der Waals surface area contributed by atoms with Crippen LogP contribution in [0.4, 0.5) is 13.9 Å². The molecular weight excluding hydrogens is 320 g/mol. The van der Waals surface area contributed by atoms with Crippen LogP contribution in [0.1, 0.15) is 30.7 Å². The predicted octanol–water partition coefficient (Wildman–Crippen LogP) is 3.32. The van der Waals surface area contributed by atoms with Crippen molar-refractivity contribution < 1.29 is 13.6 Å². The van der Waals surface area contributed by atoms with Crippen molar-refractivity contribution in [2.45, 2.75) is 32.7 Å². The van der Waals surface area contributed by atoms with Gasteiger partial charge < -0.3 is 11.1 Å². The zero-order chi connectivity index (χ0) is 17.0. The highest BCUT2D eigenvalue weighted by molar-refractivity contribution is 7.15. The highest BCUT2D eigenvalue weighted by Gasteiger charge is 2.20. The van der Waals surface area contributed by atoms with E-state index in [0.717, 1.165) is 17.4 Å². The predicted molar refractivity (Wildman–Crippen MR) is 87.3 cm³/mol. The minimum Gasteiger partial charge on any atom is -0.320 e. The SMILES string of the molecule is CCC(C)C(N)C(=O)Nc1ncc(Cc2ccc(F)cc2F)s1. The Morgan fingerprint density at radius 3 is 2.83 bits per heavy atom. The van der Waals surface area contributed by atoms with Crippen LogP contribution in [0.25, 0.3) is 0 Å². The van der Waals surface area contributed by atoms with E-state index in [1.165, 1.54) is 23.5 Å². The summed E-state index contributed by atoms with van der Waals surface area (Å²) in [5.41, 5.74) is 6.24. The lowest BCUT2D eigenvalue weighted by molar-refractivity contribution is -0.118. The number of thiazole rings is 1. The molecule has 1 amide bonds. The Balaban J connectivity index is 2.02. The van der Waals surface area contributed by atoms with Gasteiger partial charge in [0.15, 0.2) is 5.13 Å². The molecular formula is C16H19F2N3OS. The maximum Gasteiger partial charge on any atom is 0.243 e. The first kappa shape index (κ1) is 17.5. The van der Waals surface area contributed by atoms with Gasteiger partial charge in [-0.2, -0.15) is 0 Å². The third kappa shape index (κ3) is 4.56. The highest BCUT2D eigenvalue weighted by Crippen LogP contribution is 2.23. The van der Waals surface area contributed by atoms with Crippen molar-refractivity contribution in [3.63, 3.8) is 0 Å². The molecule has 2 aromatic rings. The van der Waals surface area contributed by atoms with Crippen molar-refractivity contribution in [1.82, 2.24) is 4.98 Å². The number of carbonyl (C=O) groups is 1. The molecule has 0 radical (unpaired) electrons. The molecule has 2 rings (SSSR count). The van der Waals surface area contributed by atoms with Crippen LogP contribution in [0.15, 0.2) is 24.4 Å². The Morgan fingerprint density at radius 1 is 1.43 bits per heavy atom. The minimum atomic E-state index is -0.609.